The Morgan fingerprint density at radius 3 is 2.80 bits per heavy atom. The van der Waals surface area contributed by atoms with Gasteiger partial charge in [0.1, 0.15) is 0 Å². The van der Waals surface area contributed by atoms with Crippen LogP contribution in [0, 0.1) is 17.0 Å². The van der Waals surface area contributed by atoms with Gasteiger partial charge < -0.3 is 10.2 Å². The second kappa shape index (κ2) is 7.21. The smallest absolute Gasteiger partial charge is 0.272 e. The topological polar surface area (TPSA) is 75.5 Å². The van der Waals surface area contributed by atoms with E-state index in [1.54, 1.807) is 24.0 Å². The third kappa shape index (κ3) is 3.65. The highest BCUT2D eigenvalue weighted by Crippen LogP contribution is 2.27. The van der Waals surface area contributed by atoms with E-state index in [2.05, 4.69) is 5.32 Å². The maximum Gasteiger partial charge on any atom is 0.272 e. The van der Waals surface area contributed by atoms with Crippen molar-refractivity contribution >= 4 is 23.2 Å². The molecule has 1 fully saturated rings. The van der Waals surface area contributed by atoms with Crippen LogP contribution in [0.25, 0.3) is 0 Å². The minimum atomic E-state index is -0.441. The van der Waals surface area contributed by atoms with Gasteiger partial charge in [0.2, 0.25) is 0 Å². The number of carbonyl (C=O) groups excluding carboxylic acids is 1. The summed E-state index contributed by atoms with van der Waals surface area (Å²) in [6, 6.07) is 11.8. The molecule has 0 bridgehead atoms. The molecule has 0 saturated carbocycles. The molecule has 1 aliphatic heterocycles. The van der Waals surface area contributed by atoms with Crippen LogP contribution in [0.4, 0.5) is 5.69 Å². The van der Waals surface area contributed by atoms with Crippen LogP contribution >= 0.6 is 11.6 Å². The normalized spacial score (nSPS) is 17.4. The van der Waals surface area contributed by atoms with Crippen molar-refractivity contribution in [2.24, 2.45) is 0 Å². The van der Waals surface area contributed by atoms with E-state index in [9.17, 15) is 14.9 Å². The monoisotopic (exact) mass is 359 g/mol. The second-order valence-electron chi connectivity index (χ2n) is 6.03. The van der Waals surface area contributed by atoms with Gasteiger partial charge in [-0.05, 0) is 36.8 Å². The molecular formula is C18H18ClN3O3. The average Bonchev–Trinajstić information content (AvgIpc) is 2.60. The zero-order valence-corrected chi connectivity index (χ0v) is 14.5. The molecule has 2 aromatic rings. The zero-order chi connectivity index (χ0) is 18.0. The van der Waals surface area contributed by atoms with Gasteiger partial charge in [-0.3, -0.25) is 14.9 Å². The van der Waals surface area contributed by atoms with E-state index < -0.39 is 4.92 Å². The van der Waals surface area contributed by atoms with E-state index in [1.165, 1.54) is 12.1 Å². The van der Waals surface area contributed by atoms with E-state index in [0.29, 0.717) is 35.8 Å². The Morgan fingerprint density at radius 1 is 1.32 bits per heavy atom. The molecule has 1 saturated heterocycles. The number of nitro groups is 1. The lowest BCUT2D eigenvalue weighted by atomic mass is 10.0. The van der Waals surface area contributed by atoms with Crippen LogP contribution < -0.4 is 5.32 Å². The van der Waals surface area contributed by atoms with Gasteiger partial charge in [0.15, 0.2) is 0 Å². The molecule has 1 unspecified atom stereocenters. The van der Waals surface area contributed by atoms with Gasteiger partial charge in [-0.15, -0.1) is 0 Å². The van der Waals surface area contributed by atoms with Crippen molar-refractivity contribution in [3.8, 4) is 0 Å². The number of benzene rings is 2. The number of amides is 1. The number of aryl methyl sites for hydroxylation is 1. The van der Waals surface area contributed by atoms with Gasteiger partial charge in [0.25, 0.3) is 11.6 Å². The molecule has 0 aromatic heterocycles. The lowest BCUT2D eigenvalue weighted by Crippen LogP contribution is -2.48. The Labute approximate surface area is 150 Å². The maximum absolute atomic E-state index is 13.0. The molecule has 1 aliphatic rings. The number of halogens is 1. The predicted octanol–water partition coefficient (Wildman–Crippen LogP) is 3.34. The van der Waals surface area contributed by atoms with Gasteiger partial charge in [-0.25, -0.2) is 0 Å². The number of carbonyl (C=O) groups is 1. The zero-order valence-electron chi connectivity index (χ0n) is 13.7. The fraction of sp³-hybridized carbons (Fsp3) is 0.278. The summed E-state index contributed by atoms with van der Waals surface area (Å²) in [6.45, 7) is 3.54. The Kier molecular flexibility index (Phi) is 5.01. The molecule has 2 aromatic carbocycles. The van der Waals surface area contributed by atoms with Crippen molar-refractivity contribution in [2.75, 3.05) is 19.6 Å². The molecule has 0 spiro atoms. The van der Waals surface area contributed by atoms with Crippen LogP contribution in [0.2, 0.25) is 5.02 Å². The first-order valence-electron chi connectivity index (χ1n) is 7.99. The summed E-state index contributed by atoms with van der Waals surface area (Å²) in [7, 11) is 0. The number of hydrogen-bond acceptors (Lipinski definition) is 4. The molecular weight excluding hydrogens is 342 g/mol. The minimum absolute atomic E-state index is 0.0169. The van der Waals surface area contributed by atoms with Crippen molar-refractivity contribution in [1.82, 2.24) is 10.2 Å². The number of rotatable bonds is 3. The van der Waals surface area contributed by atoms with E-state index in [1.807, 2.05) is 18.2 Å². The summed E-state index contributed by atoms with van der Waals surface area (Å²) in [6.07, 6.45) is 0. The van der Waals surface area contributed by atoms with Crippen molar-refractivity contribution < 1.29 is 9.72 Å². The van der Waals surface area contributed by atoms with E-state index in [4.69, 9.17) is 11.6 Å². The third-order valence-electron chi connectivity index (χ3n) is 4.38. The molecule has 130 valence electrons. The van der Waals surface area contributed by atoms with Gasteiger partial charge in [-0.1, -0.05) is 23.7 Å². The van der Waals surface area contributed by atoms with Gasteiger partial charge in [-0.2, -0.15) is 0 Å². The molecule has 1 N–H and O–H groups in total. The van der Waals surface area contributed by atoms with Crippen LogP contribution in [0.5, 0.6) is 0 Å². The highest BCUT2D eigenvalue weighted by atomic mass is 35.5. The van der Waals surface area contributed by atoms with Crippen molar-refractivity contribution in [2.45, 2.75) is 13.0 Å². The fourth-order valence-corrected chi connectivity index (χ4v) is 3.32. The Hall–Kier alpha value is -2.44. The number of hydrogen-bond donors (Lipinski definition) is 1. The summed E-state index contributed by atoms with van der Waals surface area (Å²) in [5.74, 6) is -0.135. The number of piperazine rings is 1. The molecule has 0 radical (unpaired) electrons. The van der Waals surface area contributed by atoms with Crippen molar-refractivity contribution in [1.29, 1.82) is 0 Å². The number of nitrogens with zero attached hydrogens (tertiary/aromatic N) is 2. The summed E-state index contributed by atoms with van der Waals surface area (Å²) < 4.78 is 0. The minimum Gasteiger partial charge on any atom is -0.329 e. The van der Waals surface area contributed by atoms with Gasteiger partial charge in [0, 0.05) is 41.9 Å². The van der Waals surface area contributed by atoms with Crippen LogP contribution in [-0.4, -0.2) is 35.4 Å². The van der Waals surface area contributed by atoms with E-state index >= 15 is 0 Å². The molecule has 7 heteroatoms. The molecule has 1 amide bonds. The van der Waals surface area contributed by atoms with Crippen molar-refractivity contribution in [3.63, 3.8) is 0 Å². The van der Waals surface area contributed by atoms with Crippen LogP contribution in [0.1, 0.15) is 27.5 Å². The Bertz CT molecular complexity index is 825. The first-order valence-corrected chi connectivity index (χ1v) is 8.37. The Morgan fingerprint density at radius 2 is 2.12 bits per heavy atom. The van der Waals surface area contributed by atoms with Gasteiger partial charge in [0.05, 0.1) is 11.0 Å². The highest BCUT2D eigenvalue weighted by Gasteiger charge is 2.29. The second-order valence-corrected chi connectivity index (χ2v) is 6.47. The summed E-state index contributed by atoms with van der Waals surface area (Å²) in [4.78, 5) is 25.3. The maximum atomic E-state index is 13.0. The molecule has 3 rings (SSSR count). The average molecular weight is 360 g/mol. The lowest BCUT2D eigenvalue weighted by Gasteiger charge is -2.36. The fourth-order valence-electron chi connectivity index (χ4n) is 3.12. The molecule has 1 heterocycles. The standard InChI is InChI=1S/C18H18ClN3O3/c1-12-9-14(5-6-16(12)22(24)25)18(23)21-8-7-20-11-17(21)13-3-2-4-15(19)10-13/h2-6,9-10,17,20H,7-8,11H2,1H3. The summed E-state index contributed by atoms with van der Waals surface area (Å²) >= 11 is 6.09. The summed E-state index contributed by atoms with van der Waals surface area (Å²) in [5.41, 5.74) is 1.91. The molecule has 25 heavy (non-hydrogen) atoms. The lowest BCUT2D eigenvalue weighted by molar-refractivity contribution is -0.385. The first kappa shape index (κ1) is 17.4. The third-order valence-corrected chi connectivity index (χ3v) is 4.61. The highest BCUT2D eigenvalue weighted by molar-refractivity contribution is 6.30. The quantitative estimate of drug-likeness (QED) is 0.673. The summed E-state index contributed by atoms with van der Waals surface area (Å²) in [5, 5.41) is 14.9. The SMILES string of the molecule is Cc1cc(C(=O)N2CCNCC2c2cccc(Cl)c2)ccc1[N+](=O)[O-]. The van der Waals surface area contributed by atoms with Crippen LogP contribution in [0.3, 0.4) is 0 Å². The van der Waals surface area contributed by atoms with E-state index in [0.717, 1.165) is 5.56 Å². The Balaban J connectivity index is 1.91. The number of nitro benzene ring substituents is 1. The largest absolute Gasteiger partial charge is 0.329 e. The molecule has 6 nitrogen and oxygen atoms in total. The van der Waals surface area contributed by atoms with Crippen LogP contribution in [0.15, 0.2) is 42.5 Å². The van der Waals surface area contributed by atoms with E-state index in [-0.39, 0.29) is 17.6 Å². The first-order chi connectivity index (χ1) is 12.0. The predicted molar refractivity (Wildman–Crippen MR) is 95.9 cm³/mol. The van der Waals surface area contributed by atoms with Crippen LogP contribution in [-0.2, 0) is 0 Å². The molecule has 0 aliphatic carbocycles. The van der Waals surface area contributed by atoms with Gasteiger partial charge >= 0.3 is 0 Å². The van der Waals surface area contributed by atoms with Crippen molar-refractivity contribution in [3.05, 3.63) is 74.3 Å². The number of nitrogens with one attached hydrogen (secondary N) is 1. The molecule has 1 atom stereocenters.